The van der Waals surface area contributed by atoms with E-state index in [9.17, 15) is 9.59 Å². The third kappa shape index (κ3) is 4.24. The van der Waals surface area contributed by atoms with E-state index in [-0.39, 0.29) is 36.2 Å². The molecule has 2 amide bonds. The predicted octanol–water partition coefficient (Wildman–Crippen LogP) is 1.98. The first-order valence-corrected chi connectivity index (χ1v) is 8.06. The summed E-state index contributed by atoms with van der Waals surface area (Å²) in [6.45, 7) is 1.29. The van der Waals surface area contributed by atoms with Crippen molar-refractivity contribution in [2.45, 2.75) is 44.7 Å². The predicted molar refractivity (Wildman–Crippen MR) is 92.4 cm³/mol. The Morgan fingerprint density at radius 2 is 2.17 bits per heavy atom. The van der Waals surface area contributed by atoms with Crippen LogP contribution in [0.15, 0.2) is 24.3 Å². The molecule has 1 aromatic carbocycles. The number of amides is 2. The van der Waals surface area contributed by atoms with Gasteiger partial charge < -0.3 is 16.0 Å². The van der Waals surface area contributed by atoms with Gasteiger partial charge in [0.05, 0.1) is 0 Å². The van der Waals surface area contributed by atoms with E-state index in [0.717, 1.165) is 43.5 Å². The Kier molecular flexibility index (Phi) is 6.02. The van der Waals surface area contributed by atoms with Crippen molar-refractivity contribution < 1.29 is 9.59 Å². The maximum absolute atomic E-state index is 12.1. The summed E-state index contributed by atoms with van der Waals surface area (Å²) in [6, 6.07) is 8.02. The van der Waals surface area contributed by atoms with Crippen LogP contribution < -0.4 is 16.0 Å². The molecule has 23 heavy (non-hydrogen) atoms. The molecule has 3 N–H and O–H groups in total. The number of nitrogens with two attached hydrogens (primary N) is 1. The zero-order valence-electron chi connectivity index (χ0n) is 13.2. The van der Waals surface area contributed by atoms with Crippen LogP contribution in [0.25, 0.3) is 0 Å². The lowest BCUT2D eigenvalue weighted by atomic mass is 10.1. The lowest BCUT2D eigenvalue weighted by molar-refractivity contribution is -0.125. The highest BCUT2D eigenvalue weighted by molar-refractivity contribution is 5.95. The van der Waals surface area contributed by atoms with Crippen molar-refractivity contribution in [2.24, 2.45) is 11.7 Å². The molecule has 2 atom stereocenters. The summed E-state index contributed by atoms with van der Waals surface area (Å²) < 4.78 is 0. The van der Waals surface area contributed by atoms with Gasteiger partial charge in [0, 0.05) is 37.2 Å². The smallest absolute Gasteiger partial charge is 0.227 e. The Morgan fingerprint density at radius 3 is 2.83 bits per heavy atom. The molecule has 3 rings (SSSR count). The van der Waals surface area contributed by atoms with Gasteiger partial charge in [0.15, 0.2) is 0 Å². The first-order chi connectivity index (χ1) is 10.6. The average Bonchev–Trinajstić information content (AvgIpc) is 3.13. The van der Waals surface area contributed by atoms with Crippen LogP contribution >= 0.6 is 12.4 Å². The standard InChI is InChI=1S/C17H23N3O2.ClH/c18-14-7-6-13(10-14)17(22)19-11-12-3-1-4-15(9-12)20-8-2-5-16(20)21;/h1,3-4,9,13-14H,2,5-8,10-11,18H2,(H,19,22);1H. The second-order valence-corrected chi connectivity index (χ2v) is 6.31. The number of carbonyl (C=O) groups excluding carboxylic acids is 2. The molecule has 1 heterocycles. The third-order valence-electron chi connectivity index (χ3n) is 4.61. The van der Waals surface area contributed by atoms with E-state index in [1.807, 2.05) is 29.2 Å². The summed E-state index contributed by atoms with van der Waals surface area (Å²) in [4.78, 5) is 25.7. The molecule has 1 aliphatic heterocycles. The molecule has 2 aliphatic rings. The number of hydrogen-bond acceptors (Lipinski definition) is 3. The monoisotopic (exact) mass is 337 g/mol. The lowest BCUT2D eigenvalue weighted by Crippen LogP contribution is -2.30. The fourth-order valence-corrected chi connectivity index (χ4v) is 3.34. The van der Waals surface area contributed by atoms with Gasteiger partial charge in [0.25, 0.3) is 0 Å². The molecule has 2 unspecified atom stereocenters. The van der Waals surface area contributed by atoms with Gasteiger partial charge in [0.2, 0.25) is 11.8 Å². The van der Waals surface area contributed by atoms with E-state index in [2.05, 4.69) is 5.32 Å². The summed E-state index contributed by atoms with van der Waals surface area (Å²) in [6.07, 6.45) is 4.15. The number of benzene rings is 1. The first kappa shape index (κ1) is 17.8. The number of anilines is 1. The highest BCUT2D eigenvalue weighted by atomic mass is 35.5. The van der Waals surface area contributed by atoms with Crippen LogP contribution in [-0.2, 0) is 16.1 Å². The topological polar surface area (TPSA) is 75.4 Å². The third-order valence-corrected chi connectivity index (χ3v) is 4.61. The second-order valence-electron chi connectivity index (χ2n) is 6.31. The molecule has 5 nitrogen and oxygen atoms in total. The maximum Gasteiger partial charge on any atom is 0.227 e. The summed E-state index contributed by atoms with van der Waals surface area (Å²) in [5.41, 5.74) is 7.80. The van der Waals surface area contributed by atoms with Crippen LogP contribution in [0.4, 0.5) is 5.69 Å². The fraction of sp³-hybridized carbons (Fsp3) is 0.529. The highest BCUT2D eigenvalue weighted by Gasteiger charge is 2.27. The van der Waals surface area contributed by atoms with E-state index in [4.69, 9.17) is 5.73 Å². The molecule has 0 radical (unpaired) electrons. The Hall–Kier alpha value is -1.59. The van der Waals surface area contributed by atoms with Gasteiger partial charge in [-0.25, -0.2) is 0 Å². The van der Waals surface area contributed by atoms with Crippen molar-refractivity contribution >= 4 is 29.9 Å². The van der Waals surface area contributed by atoms with Crippen LogP contribution in [0.2, 0.25) is 0 Å². The van der Waals surface area contributed by atoms with Crippen LogP contribution in [0, 0.1) is 5.92 Å². The molecular formula is C17H24ClN3O2. The SMILES string of the molecule is Cl.NC1CCC(C(=O)NCc2cccc(N3CCCC3=O)c2)C1. The minimum atomic E-state index is 0. The van der Waals surface area contributed by atoms with Crippen LogP contribution in [0.5, 0.6) is 0 Å². The van der Waals surface area contributed by atoms with Crippen molar-refractivity contribution in [2.75, 3.05) is 11.4 Å². The quantitative estimate of drug-likeness (QED) is 0.882. The number of rotatable bonds is 4. The van der Waals surface area contributed by atoms with E-state index < -0.39 is 0 Å². The second kappa shape index (κ2) is 7.79. The summed E-state index contributed by atoms with van der Waals surface area (Å²) in [5, 5.41) is 2.99. The molecule has 6 heteroatoms. The van der Waals surface area contributed by atoms with Crippen molar-refractivity contribution in [3.05, 3.63) is 29.8 Å². The van der Waals surface area contributed by atoms with Gasteiger partial charge in [0.1, 0.15) is 0 Å². The Labute approximate surface area is 143 Å². The Balaban J connectivity index is 0.00000192. The maximum atomic E-state index is 12.1. The molecule has 1 aliphatic carbocycles. The average molecular weight is 338 g/mol. The van der Waals surface area contributed by atoms with Gasteiger partial charge in [-0.2, -0.15) is 0 Å². The number of nitrogens with zero attached hydrogens (tertiary/aromatic N) is 1. The summed E-state index contributed by atoms with van der Waals surface area (Å²) in [7, 11) is 0. The van der Waals surface area contributed by atoms with Crippen molar-refractivity contribution in [3.63, 3.8) is 0 Å². The highest BCUT2D eigenvalue weighted by Crippen LogP contribution is 2.25. The van der Waals surface area contributed by atoms with Gasteiger partial charge in [-0.05, 0) is 43.4 Å². The number of nitrogens with one attached hydrogen (secondary N) is 1. The van der Waals surface area contributed by atoms with E-state index in [1.54, 1.807) is 0 Å². The molecule has 0 aromatic heterocycles. The van der Waals surface area contributed by atoms with Crippen LogP contribution in [0.3, 0.4) is 0 Å². The van der Waals surface area contributed by atoms with Gasteiger partial charge in [-0.15, -0.1) is 12.4 Å². The normalized spacial score (nSPS) is 23.7. The summed E-state index contributed by atoms with van der Waals surface area (Å²) in [5.74, 6) is 0.329. The molecule has 126 valence electrons. The summed E-state index contributed by atoms with van der Waals surface area (Å²) >= 11 is 0. The van der Waals surface area contributed by atoms with Gasteiger partial charge in [-0.1, -0.05) is 12.1 Å². The van der Waals surface area contributed by atoms with Gasteiger partial charge >= 0.3 is 0 Å². The molecule has 1 saturated heterocycles. The Morgan fingerprint density at radius 1 is 1.35 bits per heavy atom. The fourth-order valence-electron chi connectivity index (χ4n) is 3.34. The lowest BCUT2D eigenvalue weighted by Gasteiger charge is -2.17. The molecule has 1 saturated carbocycles. The Bertz CT molecular complexity index is 579. The molecule has 1 aromatic rings. The van der Waals surface area contributed by atoms with Crippen molar-refractivity contribution in [1.82, 2.24) is 5.32 Å². The number of halogens is 1. The largest absolute Gasteiger partial charge is 0.352 e. The molecule has 0 bridgehead atoms. The van der Waals surface area contributed by atoms with E-state index in [0.29, 0.717) is 13.0 Å². The van der Waals surface area contributed by atoms with Crippen molar-refractivity contribution in [3.8, 4) is 0 Å². The van der Waals surface area contributed by atoms with E-state index in [1.165, 1.54) is 0 Å². The first-order valence-electron chi connectivity index (χ1n) is 8.06. The number of carbonyl (C=O) groups is 2. The molecule has 2 fully saturated rings. The van der Waals surface area contributed by atoms with Crippen LogP contribution in [0.1, 0.15) is 37.7 Å². The van der Waals surface area contributed by atoms with E-state index >= 15 is 0 Å². The minimum absolute atomic E-state index is 0. The number of hydrogen-bond donors (Lipinski definition) is 2. The zero-order chi connectivity index (χ0) is 15.5. The molecule has 0 spiro atoms. The van der Waals surface area contributed by atoms with Crippen molar-refractivity contribution in [1.29, 1.82) is 0 Å². The van der Waals surface area contributed by atoms with Crippen LogP contribution in [-0.4, -0.2) is 24.4 Å². The van der Waals surface area contributed by atoms with Gasteiger partial charge in [-0.3, -0.25) is 9.59 Å². The minimum Gasteiger partial charge on any atom is -0.352 e. The molecular weight excluding hydrogens is 314 g/mol. The zero-order valence-corrected chi connectivity index (χ0v) is 14.0.